The number of carbonyl (C=O) groups excluding carboxylic acids is 1. The van der Waals surface area contributed by atoms with Crippen molar-refractivity contribution in [1.29, 1.82) is 0 Å². The molecule has 2 rings (SSSR count). The molecular weight excluding hydrogens is 320 g/mol. The number of nitro groups is 1. The van der Waals surface area contributed by atoms with Crippen molar-refractivity contribution in [3.8, 4) is 5.75 Å². The predicted molar refractivity (Wildman–Crippen MR) is 75.9 cm³/mol. The summed E-state index contributed by atoms with van der Waals surface area (Å²) in [6.07, 6.45) is -0.761. The van der Waals surface area contributed by atoms with Gasteiger partial charge in [-0.2, -0.15) is 0 Å². The van der Waals surface area contributed by atoms with Crippen LogP contribution in [0.4, 0.5) is 14.5 Å². The summed E-state index contributed by atoms with van der Waals surface area (Å²) in [7, 11) is 0. The summed E-state index contributed by atoms with van der Waals surface area (Å²) in [6, 6.07) is 2.25. The van der Waals surface area contributed by atoms with Crippen molar-refractivity contribution in [2.45, 2.75) is 44.6 Å². The summed E-state index contributed by atoms with van der Waals surface area (Å²) in [5.74, 6) is -3.14. The standard InChI is InChI=1S/C14H14ClF2NO4/c1-8(19)10-6-11(15)13(7-12(10)18(20)21)22-9-2-4-14(16,17)5-3-9/h6-7,9H,2-5H2,1H3. The van der Waals surface area contributed by atoms with Crippen LogP contribution in [0.15, 0.2) is 12.1 Å². The van der Waals surface area contributed by atoms with Crippen LogP contribution < -0.4 is 4.74 Å². The second kappa shape index (κ2) is 6.16. The highest BCUT2D eigenvalue weighted by Crippen LogP contribution is 2.38. The molecule has 0 atom stereocenters. The third kappa shape index (κ3) is 3.71. The van der Waals surface area contributed by atoms with Crippen molar-refractivity contribution in [2.24, 2.45) is 0 Å². The number of carbonyl (C=O) groups is 1. The minimum atomic E-state index is -2.69. The number of hydrogen-bond acceptors (Lipinski definition) is 4. The number of alkyl halides is 2. The summed E-state index contributed by atoms with van der Waals surface area (Å²) in [6.45, 7) is 1.20. The molecule has 1 aliphatic rings. The van der Waals surface area contributed by atoms with E-state index in [-0.39, 0.29) is 42.0 Å². The van der Waals surface area contributed by atoms with E-state index in [1.807, 2.05) is 0 Å². The summed E-state index contributed by atoms with van der Waals surface area (Å²) in [5.41, 5.74) is -0.523. The molecule has 0 N–H and O–H groups in total. The van der Waals surface area contributed by atoms with E-state index < -0.39 is 28.4 Å². The second-order valence-electron chi connectivity index (χ2n) is 5.29. The van der Waals surface area contributed by atoms with Gasteiger partial charge in [0.05, 0.1) is 27.7 Å². The molecule has 1 saturated carbocycles. The van der Waals surface area contributed by atoms with Crippen LogP contribution >= 0.6 is 11.6 Å². The number of nitro benzene ring substituents is 1. The van der Waals surface area contributed by atoms with E-state index in [1.165, 1.54) is 13.0 Å². The maximum Gasteiger partial charge on any atom is 0.283 e. The molecule has 0 unspecified atom stereocenters. The van der Waals surface area contributed by atoms with Gasteiger partial charge in [0.25, 0.3) is 5.69 Å². The Balaban J connectivity index is 2.23. The number of hydrogen-bond donors (Lipinski definition) is 0. The van der Waals surface area contributed by atoms with Gasteiger partial charge >= 0.3 is 0 Å². The maximum absolute atomic E-state index is 13.1. The Labute approximate surface area is 130 Å². The smallest absolute Gasteiger partial charge is 0.283 e. The minimum Gasteiger partial charge on any atom is -0.489 e. The lowest BCUT2D eigenvalue weighted by atomic mass is 9.94. The van der Waals surface area contributed by atoms with E-state index in [2.05, 4.69) is 0 Å². The van der Waals surface area contributed by atoms with Crippen molar-refractivity contribution in [2.75, 3.05) is 0 Å². The van der Waals surface area contributed by atoms with Crippen molar-refractivity contribution >= 4 is 23.1 Å². The third-order valence-electron chi connectivity index (χ3n) is 3.58. The van der Waals surface area contributed by atoms with Crippen molar-refractivity contribution < 1.29 is 23.2 Å². The van der Waals surface area contributed by atoms with Gasteiger partial charge in [0, 0.05) is 12.8 Å². The lowest BCUT2D eigenvalue weighted by molar-refractivity contribution is -0.385. The Hall–Kier alpha value is -1.76. The van der Waals surface area contributed by atoms with Crippen molar-refractivity contribution in [3.63, 3.8) is 0 Å². The molecule has 0 amide bonds. The topological polar surface area (TPSA) is 69.4 Å². The average Bonchev–Trinajstić information content (AvgIpc) is 2.42. The van der Waals surface area contributed by atoms with Crippen LogP contribution in [0.3, 0.4) is 0 Å². The first-order chi connectivity index (χ1) is 10.2. The zero-order chi connectivity index (χ0) is 16.5. The zero-order valence-corrected chi connectivity index (χ0v) is 12.5. The van der Waals surface area contributed by atoms with Crippen LogP contribution in [0.2, 0.25) is 5.02 Å². The van der Waals surface area contributed by atoms with E-state index >= 15 is 0 Å². The van der Waals surface area contributed by atoms with E-state index in [4.69, 9.17) is 16.3 Å². The van der Waals surface area contributed by atoms with Crippen molar-refractivity contribution in [1.82, 2.24) is 0 Å². The molecule has 0 saturated heterocycles. The fraction of sp³-hybridized carbons (Fsp3) is 0.500. The van der Waals surface area contributed by atoms with Crippen LogP contribution in [-0.4, -0.2) is 22.7 Å². The average molecular weight is 334 g/mol. The van der Waals surface area contributed by atoms with E-state index in [0.29, 0.717) is 0 Å². The first-order valence-electron chi connectivity index (χ1n) is 6.73. The SMILES string of the molecule is CC(=O)c1cc(Cl)c(OC2CCC(F)(F)CC2)cc1[N+](=O)[O-]. The Morgan fingerprint density at radius 2 is 2.00 bits per heavy atom. The first kappa shape index (κ1) is 16.6. The van der Waals surface area contributed by atoms with Crippen LogP contribution in [0.25, 0.3) is 0 Å². The highest BCUT2D eigenvalue weighted by atomic mass is 35.5. The molecule has 0 spiro atoms. The molecule has 0 radical (unpaired) electrons. The van der Waals surface area contributed by atoms with E-state index in [1.54, 1.807) is 0 Å². The molecule has 0 aliphatic heterocycles. The molecular formula is C14H14ClF2NO4. The summed E-state index contributed by atoms with van der Waals surface area (Å²) >= 11 is 5.98. The lowest BCUT2D eigenvalue weighted by Gasteiger charge is -2.28. The van der Waals surface area contributed by atoms with Gasteiger partial charge in [0.15, 0.2) is 5.78 Å². The third-order valence-corrected chi connectivity index (χ3v) is 3.88. The van der Waals surface area contributed by atoms with Gasteiger partial charge in [0.1, 0.15) is 5.75 Å². The minimum absolute atomic E-state index is 0.0357. The van der Waals surface area contributed by atoms with E-state index in [0.717, 1.165) is 6.07 Å². The summed E-state index contributed by atoms with van der Waals surface area (Å²) in [4.78, 5) is 21.7. The molecule has 1 aromatic carbocycles. The van der Waals surface area contributed by atoms with Crippen LogP contribution in [0, 0.1) is 10.1 Å². The number of halogens is 3. The highest BCUT2D eigenvalue weighted by molar-refractivity contribution is 6.32. The highest BCUT2D eigenvalue weighted by Gasteiger charge is 2.36. The van der Waals surface area contributed by atoms with Gasteiger partial charge in [-0.15, -0.1) is 0 Å². The number of ketones is 1. The van der Waals surface area contributed by atoms with Gasteiger partial charge < -0.3 is 4.74 Å². The molecule has 5 nitrogen and oxygen atoms in total. The first-order valence-corrected chi connectivity index (χ1v) is 7.11. The molecule has 120 valence electrons. The summed E-state index contributed by atoms with van der Waals surface area (Å²) < 4.78 is 31.7. The fourth-order valence-corrected chi connectivity index (χ4v) is 2.59. The second-order valence-corrected chi connectivity index (χ2v) is 5.69. The van der Waals surface area contributed by atoms with Gasteiger partial charge in [-0.05, 0) is 25.8 Å². The molecule has 0 heterocycles. The van der Waals surface area contributed by atoms with Gasteiger partial charge in [0.2, 0.25) is 5.92 Å². The largest absolute Gasteiger partial charge is 0.489 e. The molecule has 22 heavy (non-hydrogen) atoms. The van der Waals surface area contributed by atoms with Crippen LogP contribution in [-0.2, 0) is 0 Å². The molecule has 1 aliphatic carbocycles. The Morgan fingerprint density at radius 1 is 1.41 bits per heavy atom. The number of benzene rings is 1. The maximum atomic E-state index is 13.1. The Morgan fingerprint density at radius 3 is 2.50 bits per heavy atom. The quantitative estimate of drug-likeness (QED) is 0.465. The van der Waals surface area contributed by atoms with E-state index in [9.17, 15) is 23.7 Å². The fourth-order valence-electron chi connectivity index (χ4n) is 2.38. The van der Waals surface area contributed by atoms with Crippen molar-refractivity contribution in [3.05, 3.63) is 32.8 Å². The number of nitrogens with zero attached hydrogens (tertiary/aromatic N) is 1. The van der Waals surface area contributed by atoms with Gasteiger partial charge in [-0.3, -0.25) is 14.9 Å². The normalized spacial score (nSPS) is 18.0. The number of ether oxygens (including phenoxy) is 1. The Kier molecular flexibility index (Phi) is 4.65. The molecule has 1 fully saturated rings. The molecule has 0 aromatic heterocycles. The van der Waals surface area contributed by atoms with Gasteiger partial charge in [-0.25, -0.2) is 8.78 Å². The molecule has 1 aromatic rings. The predicted octanol–water partition coefficient (Wildman–Crippen LogP) is 4.41. The lowest BCUT2D eigenvalue weighted by Crippen LogP contribution is -2.30. The van der Waals surface area contributed by atoms with Crippen LogP contribution in [0.1, 0.15) is 43.0 Å². The Bertz CT molecular complexity index is 611. The van der Waals surface area contributed by atoms with Gasteiger partial charge in [-0.1, -0.05) is 11.6 Å². The summed E-state index contributed by atoms with van der Waals surface area (Å²) in [5, 5.41) is 11.1. The molecule has 8 heteroatoms. The monoisotopic (exact) mass is 333 g/mol. The number of Topliss-reactive ketones (excluding diaryl/α,β-unsaturated/α-hetero) is 1. The zero-order valence-electron chi connectivity index (χ0n) is 11.8. The number of rotatable bonds is 4. The van der Waals surface area contributed by atoms with Crippen LogP contribution in [0.5, 0.6) is 5.75 Å². The molecule has 0 bridgehead atoms.